The maximum absolute atomic E-state index is 8.76. The quantitative estimate of drug-likeness (QED) is 0.439. The second-order valence-corrected chi connectivity index (χ2v) is 9.77. The molecular formula is C28H37N7. The highest BCUT2D eigenvalue weighted by molar-refractivity contribution is 5.90. The average molecular weight is 472 g/mol. The first kappa shape index (κ1) is 24.7. The molecule has 7 nitrogen and oxygen atoms in total. The van der Waals surface area contributed by atoms with E-state index in [0.717, 1.165) is 60.8 Å². The standard InChI is InChI=1S/C28H37N7/c1-34(2)27-25-7-4-5-8-26(25)32-28(33-27)31-23-13-9-21(10-14-23)19-30-20-22-11-15-24(16-12-22)35(3)18-6-17-29/h4-5,7-8,11-12,15-16,21,23,30H,6,9-10,13-14,18-20H2,1-3H3,(H,31,32,33). The Hall–Kier alpha value is -3.37. The molecular weight excluding hydrogens is 434 g/mol. The number of hydrogen-bond acceptors (Lipinski definition) is 7. The van der Waals surface area contributed by atoms with E-state index >= 15 is 0 Å². The lowest BCUT2D eigenvalue weighted by Gasteiger charge is -2.29. The van der Waals surface area contributed by atoms with Gasteiger partial charge in [-0.25, -0.2) is 4.98 Å². The van der Waals surface area contributed by atoms with Crippen molar-refractivity contribution < 1.29 is 0 Å². The number of fused-ring (bicyclic) bond motifs is 1. The molecule has 7 heteroatoms. The smallest absolute Gasteiger partial charge is 0.225 e. The number of nitrogens with zero attached hydrogens (tertiary/aromatic N) is 5. The fourth-order valence-corrected chi connectivity index (χ4v) is 4.79. The van der Waals surface area contributed by atoms with Gasteiger partial charge in [0.25, 0.3) is 0 Å². The molecule has 35 heavy (non-hydrogen) atoms. The summed E-state index contributed by atoms with van der Waals surface area (Å²) in [6.45, 7) is 2.70. The van der Waals surface area contributed by atoms with Crippen LogP contribution in [0, 0.1) is 17.2 Å². The third-order valence-electron chi connectivity index (χ3n) is 6.88. The molecule has 0 spiro atoms. The summed E-state index contributed by atoms with van der Waals surface area (Å²) in [5, 5.41) is 17.1. The minimum Gasteiger partial charge on any atom is -0.374 e. The Bertz CT molecular complexity index is 1130. The van der Waals surface area contributed by atoms with Crippen LogP contribution in [0.2, 0.25) is 0 Å². The third-order valence-corrected chi connectivity index (χ3v) is 6.88. The van der Waals surface area contributed by atoms with Gasteiger partial charge in [-0.3, -0.25) is 0 Å². The van der Waals surface area contributed by atoms with E-state index in [9.17, 15) is 0 Å². The zero-order valence-electron chi connectivity index (χ0n) is 21.2. The predicted octanol–water partition coefficient (Wildman–Crippen LogP) is 4.81. The van der Waals surface area contributed by atoms with Gasteiger partial charge in [-0.2, -0.15) is 10.2 Å². The van der Waals surface area contributed by atoms with Gasteiger partial charge in [-0.05, 0) is 68.0 Å². The van der Waals surface area contributed by atoms with Crippen molar-refractivity contribution in [1.29, 1.82) is 5.26 Å². The van der Waals surface area contributed by atoms with Crippen molar-refractivity contribution in [1.82, 2.24) is 15.3 Å². The molecule has 2 aromatic carbocycles. The van der Waals surface area contributed by atoms with Crippen molar-refractivity contribution in [2.24, 2.45) is 5.92 Å². The molecule has 1 heterocycles. The van der Waals surface area contributed by atoms with Crippen molar-refractivity contribution in [2.75, 3.05) is 49.3 Å². The average Bonchev–Trinajstić information content (AvgIpc) is 2.88. The van der Waals surface area contributed by atoms with Gasteiger partial charge in [0.1, 0.15) is 5.82 Å². The molecule has 0 amide bonds. The minimum absolute atomic E-state index is 0.424. The van der Waals surface area contributed by atoms with Gasteiger partial charge in [0.15, 0.2) is 0 Å². The molecule has 0 radical (unpaired) electrons. The van der Waals surface area contributed by atoms with Crippen LogP contribution < -0.4 is 20.4 Å². The Morgan fingerprint density at radius 2 is 1.71 bits per heavy atom. The summed E-state index contributed by atoms with van der Waals surface area (Å²) >= 11 is 0. The Morgan fingerprint density at radius 1 is 0.971 bits per heavy atom. The number of hydrogen-bond donors (Lipinski definition) is 2. The molecule has 1 saturated carbocycles. The molecule has 2 N–H and O–H groups in total. The first-order chi connectivity index (χ1) is 17.0. The Labute approximate surface area is 209 Å². The van der Waals surface area contributed by atoms with E-state index in [1.807, 2.05) is 33.3 Å². The highest BCUT2D eigenvalue weighted by Gasteiger charge is 2.22. The molecule has 0 bridgehead atoms. The molecule has 1 fully saturated rings. The monoisotopic (exact) mass is 471 g/mol. The maximum Gasteiger partial charge on any atom is 0.225 e. The van der Waals surface area contributed by atoms with Crippen LogP contribution >= 0.6 is 0 Å². The van der Waals surface area contributed by atoms with E-state index in [4.69, 9.17) is 15.2 Å². The fraction of sp³-hybridized carbons (Fsp3) is 0.464. The van der Waals surface area contributed by atoms with Crippen molar-refractivity contribution in [3.05, 3.63) is 54.1 Å². The summed E-state index contributed by atoms with van der Waals surface area (Å²) in [5.74, 6) is 2.40. The second kappa shape index (κ2) is 11.9. The second-order valence-electron chi connectivity index (χ2n) is 9.77. The minimum atomic E-state index is 0.424. The first-order valence-electron chi connectivity index (χ1n) is 12.6. The molecule has 4 rings (SSSR count). The normalized spacial score (nSPS) is 17.7. The van der Waals surface area contributed by atoms with Crippen LogP contribution in [0.15, 0.2) is 48.5 Å². The van der Waals surface area contributed by atoms with Crippen molar-refractivity contribution in [3.8, 4) is 6.07 Å². The largest absolute Gasteiger partial charge is 0.374 e. The van der Waals surface area contributed by atoms with Crippen LogP contribution in [0.25, 0.3) is 10.9 Å². The van der Waals surface area contributed by atoms with E-state index in [-0.39, 0.29) is 0 Å². The summed E-state index contributed by atoms with van der Waals surface area (Å²) in [6, 6.07) is 19.5. The van der Waals surface area contributed by atoms with Crippen LogP contribution in [0.4, 0.5) is 17.5 Å². The fourth-order valence-electron chi connectivity index (χ4n) is 4.79. The van der Waals surface area contributed by atoms with Crippen LogP contribution in [0.3, 0.4) is 0 Å². The maximum atomic E-state index is 8.76. The Kier molecular flexibility index (Phi) is 8.38. The van der Waals surface area contributed by atoms with Crippen molar-refractivity contribution >= 4 is 28.4 Å². The third kappa shape index (κ3) is 6.61. The topological polar surface area (TPSA) is 80.1 Å². The number of nitriles is 1. The molecule has 0 unspecified atom stereocenters. The highest BCUT2D eigenvalue weighted by Crippen LogP contribution is 2.28. The van der Waals surface area contributed by atoms with Gasteiger partial charge in [0.05, 0.1) is 18.0 Å². The summed E-state index contributed by atoms with van der Waals surface area (Å²) in [6.07, 6.45) is 5.25. The molecule has 0 atom stereocenters. The molecule has 1 aliphatic rings. The predicted molar refractivity (Wildman–Crippen MR) is 145 cm³/mol. The Morgan fingerprint density at radius 3 is 2.43 bits per heavy atom. The summed E-state index contributed by atoms with van der Waals surface area (Å²) < 4.78 is 0. The van der Waals surface area contributed by atoms with Gasteiger partial charge >= 0.3 is 0 Å². The molecule has 184 valence electrons. The number of anilines is 3. The van der Waals surface area contributed by atoms with Crippen LogP contribution in [-0.2, 0) is 6.54 Å². The molecule has 1 aromatic heterocycles. The van der Waals surface area contributed by atoms with E-state index in [0.29, 0.717) is 18.4 Å². The number of para-hydroxylation sites is 1. The summed E-state index contributed by atoms with van der Waals surface area (Å²) in [7, 11) is 6.09. The molecule has 1 aliphatic carbocycles. The van der Waals surface area contributed by atoms with E-state index in [1.165, 1.54) is 18.4 Å². The highest BCUT2D eigenvalue weighted by atomic mass is 15.2. The zero-order valence-corrected chi connectivity index (χ0v) is 21.2. The van der Waals surface area contributed by atoms with Crippen molar-refractivity contribution in [2.45, 2.75) is 44.7 Å². The van der Waals surface area contributed by atoms with E-state index in [1.54, 1.807) is 0 Å². The molecule has 0 saturated heterocycles. The van der Waals surface area contributed by atoms with Crippen LogP contribution in [0.5, 0.6) is 0 Å². The van der Waals surface area contributed by atoms with Crippen molar-refractivity contribution in [3.63, 3.8) is 0 Å². The van der Waals surface area contributed by atoms with Gasteiger partial charge < -0.3 is 20.4 Å². The van der Waals surface area contributed by atoms with Gasteiger partial charge in [0.2, 0.25) is 5.95 Å². The lowest BCUT2D eigenvalue weighted by Crippen LogP contribution is -2.31. The van der Waals surface area contributed by atoms with E-state index < -0.39 is 0 Å². The molecule has 3 aromatic rings. The number of rotatable bonds is 10. The van der Waals surface area contributed by atoms with Gasteiger partial charge in [-0.1, -0.05) is 24.3 Å². The number of nitrogens with one attached hydrogen (secondary N) is 2. The van der Waals surface area contributed by atoms with Gasteiger partial charge in [-0.15, -0.1) is 0 Å². The van der Waals surface area contributed by atoms with Crippen LogP contribution in [-0.4, -0.2) is 50.2 Å². The first-order valence-corrected chi connectivity index (χ1v) is 12.6. The number of benzene rings is 2. The van der Waals surface area contributed by atoms with Gasteiger partial charge in [0, 0.05) is 51.3 Å². The lowest BCUT2D eigenvalue weighted by atomic mass is 9.86. The zero-order chi connectivity index (χ0) is 24.6. The number of aromatic nitrogens is 2. The lowest BCUT2D eigenvalue weighted by molar-refractivity contribution is 0.324. The molecule has 0 aliphatic heterocycles. The van der Waals surface area contributed by atoms with Crippen LogP contribution in [0.1, 0.15) is 37.7 Å². The summed E-state index contributed by atoms with van der Waals surface area (Å²) in [5.41, 5.74) is 3.43. The van der Waals surface area contributed by atoms with E-state index in [2.05, 4.69) is 62.9 Å². The summed E-state index contributed by atoms with van der Waals surface area (Å²) in [4.78, 5) is 13.7. The SMILES string of the molecule is CN(C)c1nc(NC2CCC(CNCc3ccc(N(C)CCC#N)cc3)CC2)nc2ccccc12. The Balaban J connectivity index is 1.22.